The molecule has 0 saturated carbocycles. The van der Waals surface area contributed by atoms with Gasteiger partial charge in [-0.25, -0.2) is 0 Å². The van der Waals surface area contributed by atoms with Gasteiger partial charge in [0.2, 0.25) is 0 Å². The third kappa shape index (κ3) is 1.79. The molecular formula is C8H3F5. The van der Waals surface area contributed by atoms with Gasteiger partial charge in [-0.1, -0.05) is 12.1 Å². The van der Waals surface area contributed by atoms with Crippen molar-refractivity contribution in [2.45, 2.75) is 12.1 Å². The highest BCUT2D eigenvalue weighted by Crippen LogP contribution is 2.43. The number of alkyl halides is 5. The Morgan fingerprint density at radius 1 is 1.00 bits per heavy atom. The minimum atomic E-state index is -5.58. The second-order valence-electron chi connectivity index (χ2n) is 2.27. The lowest BCUT2D eigenvalue weighted by Gasteiger charge is -2.18. The summed E-state index contributed by atoms with van der Waals surface area (Å²) in [6.45, 7) is 0. The fourth-order valence-electron chi connectivity index (χ4n) is 0.687. The molecule has 0 aliphatic carbocycles. The van der Waals surface area contributed by atoms with Crippen LogP contribution in [0, 0.1) is 12.1 Å². The molecule has 5 heteroatoms. The molecule has 1 aromatic rings. The van der Waals surface area contributed by atoms with E-state index in [1.54, 1.807) is 0 Å². The van der Waals surface area contributed by atoms with Gasteiger partial charge in [0.05, 0.1) is 0 Å². The van der Waals surface area contributed by atoms with Crippen LogP contribution in [0.2, 0.25) is 0 Å². The maximum atomic E-state index is 12.5. The second-order valence-corrected chi connectivity index (χ2v) is 2.27. The molecule has 0 unspecified atom stereocenters. The molecule has 1 rings (SSSR count). The second kappa shape index (κ2) is 2.97. The molecule has 0 bridgehead atoms. The molecule has 2 radical (unpaired) electrons. The van der Waals surface area contributed by atoms with Crippen LogP contribution in [0.3, 0.4) is 0 Å². The van der Waals surface area contributed by atoms with E-state index >= 15 is 0 Å². The van der Waals surface area contributed by atoms with E-state index in [1.165, 1.54) is 6.07 Å². The van der Waals surface area contributed by atoms with Crippen molar-refractivity contribution < 1.29 is 22.0 Å². The molecule has 0 saturated heterocycles. The zero-order valence-electron chi connectivity index (χ0n) is 6.12. The predicted octanol–water partition coefficient (Wildman–Crippen LogP) is 2.94. The van der Waals surface area contributed by atoms with Gasteiger partial charge in [-0.05, 0) is 18.2 Å². The van der Waals surface area contributed by atoms with Crippen molar-refractivity contribution in [2.75, 3.05) is 0 Å². The van der Waals surface area contributed by atoms with Gasteiger partial charge in [-0.3, -0.25) is 0 Å². The number of hydrogen-bond acceptors (Lipinski definition) is 0. The third-order valence-corrected chi connectivity index (χ3v) is 1.34. The van der Waals surface area contributed by atoms with E-state index in [0.29, 0.717) is 6.07 Å². The summed E-state index contributed by atoms with van der Waals surface area (Å²) in [7, 11) is 0. The van der Waals surface area contributed by atoms with E-state index in [0.717, 1.165) is 6.07 Å². The minimum Gasteiger partial charge on any atom is -0.191 e. The molecule has 0 amide bonds. The third-order valence-electron chi connectivity index (χ3n) is 1.34. The SMILES string of the molecule is FC(F)(F)C(F)(F)c1[c]cc[c]c1. The van der Waals surface area contributed by atoms with Gasteiger partial charge in [0.1, 0.15) is 0 Å². The molecule has 0 aliphatic rings. The van der Waals surface area contributed by atoms with Gasteiger partial charge in [0.25, 0.3) is 0 Å². The van der Waals surface area contributed by atoms with Crippen molar-refractivity contribution in [1.29, 1.82) is 0 Å². The Hall–Kier alpha value is -1.13. The summed E-state index contributed by atoms with van der Waals surface area (Å²) in [5, 5.41) is 0. The predicted molar refractivity (Wildman–Crippen MR) is 34.1 cm³/mol. The van der Waals surface area contributed by atoms with Crippen LogP contribution in [0.5, 0.6) is 0 Å². The Morgan fingerprint density at radius 3 is 2.00 bits per heavy atom. The van der Waals surface area contributed by atoms with Gasteiger partial charge in [-0.2, -0.15) is 22.0 Å². The van der Waals surface area contributed by atoms with E-state index in [4.69, 9.17) is 0 Å². The topological polar surface area (TPSA) is 0 Å². The van der Waals surface area contributed by atoms with Crippen molar-refractivity contribution >= 4 is 0 Å². The summed E-state index contributed by atoms with van der Waals surface area (Å²) in [4.78, 5) is 0. The molecule has 0 N–H and O–H groups in total. The van der Waals surface area contributed by atoms with Crippen LogP contribution in [-0.2, 0) is 5.92 Å². The number of hydrogen-bond donors (Lipinski definition) is 0. The summed E-state index contributed by atoms with van der Waals surface area (Å²) < 4.78 is 60.2. The monoisotopic (exact) mass is 194 g/mol. The fourth-order valence-corrected chi connectivity index (χ4v) is 0.687. The Labute approximate surface area is 71.0 Å². The minimum absolute atomic E-state index is 0.563. The van der Waals surface area contributed by atoms with Gasteiger partial charge < -0.3 is 0 Å². The van der Waals surface area contributed by atoms with Crippen LogP contribution in [0.1, 0.15) is 5.56 Å². The van der Waals surface area contributed by atoms with Crippen molar-refractivity contribution in [3.05, 3.63) is 35.9 Å². The summed E-state index contributed by atoms with van der Waals surface area (Å²) in [6.07, 6.45) is -5.58. The van der Waals surface area contributed by atoms with E-state index < -0.39 is 17.7 Å². The Morgan fingerprint density at radius 2 is 1.62 bits per heavy atom. The average molecular weight is 194 g/mol. The number of rotatable bonds is 1. The zero-order valence-corrected chi connectivity index (χ0v) is 6.12. The van der Waals surface area contributed by atoms with E-state index in [-0.39, 0.29) is 0 Å². The lowest BCUT2D eigenvalue weighted by atomic mass is 10.1. The smallest absolute Gasteiger partial charge is 0.191 e. The molecule has 0 aliphatic heterocycles. The molecule has 0 heterocycles. The highest BCUT2D eigenvalue weighted by atomic mass is 19.4. The van der Waals surface area contributed by atoms with Crippen LogP contribution < -0.4 is 0 Å². The largest absolute Gasteiger partial charge is 0.458 e. The van der Waals surface area contributed by atoms with E-state index in [9.17, 15) is 22.0 Å². The maximum Gasteiger partial charge on any atom is 0.458 e. The summed E-state index contributed by atoms with van der Waals surface area (Å²) in [6, 6.07) is 6.65. The van der Waals surface area contributed by atoms with Crippen molar-refractivity contribution in [1.82, 2.24) is 0 Å². The molecule has 13 heavy (non-hydrogen) atoms. The van der Waals surface area contributed by atoms with Gasteiger partial charge in [0, 0.05) is 5.56 Å². The van der Waals surface area contributed by atoms with Crippen LogP contribution >= 0.6 is 0 Å². The Balaban J connectivity index is 3.08. The number of benzene rings is 1. The molecule has 0 aromatic heterocycles. The molecule has 0 spiro atoms. The van der Waals surface area contributed by atoms with Gasteiger partial charge in [-0.15, -0.1) is 0 Å². The van der Waals surface area contributed by atoms with Crippen LogP contribution in [-0.4, -0.2) is 6.18 Å². The zero-order chi connectivity index (χ0) is 10.1. The summed E-state index contributed by atoms with van der Waals surface area (Å²) in [5.74, 6) is -4.86. The number of halogens is 5. The highest BCUT2D eigenvalue weighted by Gasteiger charge is 2.58. The average Bonchev–Trinajstić information content (AvgIpc) is 2.04. The van der Waals surface area contributed by atoms with Crippen molar-refractivity contribution in [2.24, 2.45) is 0 Å². The van der Waals surface area contributed by atoms with E-state index in [2.05, 4.69) is 6.07 Å². The highest BCUT2D eigenvalue weighted by molar-refractivity contribution is 5.19. The normalized spacial score (nSPS) is 13.0. The first-order valence-electron chi connectivity index (χ1n) is 3.18. The quantitative estimate of drug-likeness (QED) is 0.603. The van der Waals surface area contributed by atoms with E-state index in [1.807, 2.05) is 6.07 Å². The van der Waals surface area contributed by atoms with Crippen LogP contribution in [0.4, 0.5) is 22.0 Å². The molecule has 1 aromatic carbocycles. The molecular weight excluding hydrogens is 191 g/mol. The first-order chi connectivity index (χ1) is 5.86. The Bertz CT molecular complexity index is 274. The summed E-state index contributed by atoms with van der Waals surface area (Å²) >= 11 is 0. The first-order valence-corrected chi connectivity index (χ1v) is 3.18. The standard InChI is InChI=1S/C8H3F5/c9-7(10,8(11,12)13)6-4-2-1-3-5-6/h1-2,5H. The maximum absolute atomic E-state index is 12.5. The first kappa shape index (κ1) is 9.95. The lowest BCUT2D eigenvalue weighted by Crippen LogP contribution is -2.33. The molecule has 70 valence electrons. The van der Waals surface area contributed by atoms with Crippen molar-refractivity contribution in [3.63, 3.8) is 0 Å². The molecule has 0 atom stereocenters. The van der Waals surface area contributed by atoms with Crippen LogP contribution in [0.15, 0.2) is 18.2 Å². The molecule has 0 nitrogen and oxygen atoms in total. The lowest BCUT2D eigenvalue weighted by molar-refractivity contribution is -0.289. The fraction of sp³-hybridized carbons (Fsp3) is 0.250. The molecule has 0 fully saturated rings. The van der Waals surface area contributed by atoms with Crippen molar-refractivity contribution in [3.8, 4) is 0 Å². The summed E-state index contributed by atoms with van der Waals surface area (Å²) in [5.41, 5.74) is -1.22. The van der Waals surface area contributed by atoms with Crippen LogP contribution in [0.25, 0.3) is 0 Å². The van der Waals surface area contributed by atoms with Gasteiger partial charge in [0.15, 0.2) is 0 Å². The Kier molecular flexibility index (Phi) is 2.28. The van der Waals surface area contributed by atoms with Gasteiger partial charge >= 0.3 is 12.1 Å².